The number of benzene rings is 2. The molecule has 0 aliphatic heterocycles. The monoisotopic (exact) mass is 382 g/mol. The summed E-state index contributed by atoms with van der Waals surface area (Å²) in [6.45, 7) is 4.16. The van der Waals surface area contributed by atoms with Crippen LogP contribution in [0.3, 0.4) is 0 Å². The molecule has 0 spiro atoms. The van der Waals surface area contributed by atoms with Crippen LogP contribution in [0.4, 0.5) is 0 Å². The van der Waals surface area contributed by atoms with Crippen molar-refractivity contribution in [2.45, 2.75) is 19.7 Å². The molecular formula is C16H13BrCl2N2. The Morgan fingerprint density at radius 2 is 1.81 bits per heavy atom. The molecule has 0 bridgehead atoms. The summed E-state index contributed by atoms with van der Waals surface area (Å²) < 4.78 is 3.22. The van der Waals surface area contributed by atoms with Crippen LogP contribution < -0.4 is 0 Å². The highest BCUT2D eigenvalue weighted by Crippen LogP contribution is 2.29. The molecule has 0 atom stereocenters. The highest BCUT2D eigenvalue weighted by Gasteiger charge is 2.13. The Bertz CT molecular complexity index is 817. The Morgan fingerprint density at radius 3 is 2.43 bits per heavy atom. The van der Waals surface area contributed by atoms with E-state index in [1.54, 1.807) is 0 Å². The van der Waals surface area contributed by atoms with Gasteiger partial charge in [0.1, 0.15) is 5.82 Å². The first-order valence-corrected chi connectivity index (χ1v) is 8.22. The Balaban J connectivity index is 2.33. The van der Waals surface area contributed by atoms with Crippen molar-refractivity contribution in [2.24, 2.45) is 0 Å². The number of fused-ring (bicyclic) bond motifs is 1. The molecule has 3 rings (SSSR count). The van der Waals surface area contributed by atoms with Gasteiger partial charge in [0, 0.05) is 15.2 Å². The van der Waals surface area contributed by atoms with Crippen LogP contribution in [-0.2, 0) is 5.88 Å². The fourth-order valence-corrected chi connectivity index (χ4v) is 3.11. The van der Waals surface area contributed by atoms with E-state index in [0.717, 1.165) is 27.0 Å². The molecule has 0 radical (unpaired) electrons. The third-order valence-electron chi connectivity index (χ3n) is 3.48. The van der Waals surface area contributed by atoms with E-state index in [1.807, 2.05) is 18.2 Å². The number of alkyl halides is 1. The molecule has 21 heavy (non-hydrogen) atoms. The van der Waals surface area contributed by atoms with Crippen molar-refractivity contribution in [3.05, 3.63) is 56.8 Å². The third-order valence-corrected chi connectivity index (χ3v) is 5.21. The van der Waals surface area contributed by atoms with Crippen LogP contribution in [-0.4, -0.2) is 9.55 Å². The predicted octanol–water partition coefficient (Wildman–Crippen LogP) is 5.80. The molecule has 0 N–H and O–H groups in total. The molecule has 2 aromatic carbocycles. The van der Waals surface area contributed by atoms with Crippen molar-refractivity contribution in [1.29, 1.82) is 0 Å². The molecule has 3 aromatic rings. The second-order valence-corrected chi connectivity index (χ2v) is 6.52. The van der Waals surface area contributed by atoms with Crippen molar-refractivity contribution in [1.82, 2.24) is 9.55 Å². The minimum Gasteiger partial charge on any atom is -0.295 e. The van der Waals surface area contributed by atoms with E-state index in [2.05, 4.69) is 51.5 Å². The van der Waals surface area contributed by atoms with Crippen molar-refractivity contribution in [3.63, 3.8) is 0 Å². The molecule has 0 saturated carbocycles. The number of nitrogens with zero attached hydrogens (tertiary/aromatic N) is 2. The van der Waals surface area contributed by atoms with Crippen LogP contribution in [0.15, 0.2) is 34.8 Å². The molecule has 0 fully saturated rings. The van der Waals surface area contributed by atoms with Crippen LogP contribution in [0.2, 0.25) is 5.02 Å². The molecule has 0 amide bonds. The standard InChI is InChI=1S/C16H13BrCl2N2/c1-9-5-12(6-10(2)16(9)17)21-14-4-3-11(19)7-13(14)20-15(21)8-18/h3-7H,8H2,1-2H3. The normalized spacial score (nSPS) is 11.3. The summed E-state index contributed by atoms with van der Waals surface area (Å²) >= 11 is 15.7. The largest absolute Gasteiger partial charge is 0.295 e. The lowest BCUT2D eigenvalue weighted by molar-refractivity contribution is 0.977. The fraction of sp³-hybridized carbons (Fsp3) is 0.188. The summed E-state index contributed by atoms with van der Waals surface area (Å²) in [5, 5.41) is 0.677. The average Bonchev–Trinajstić information content (AvgIpc) is 2.81. The lowest BCUT2D eigenvalue weighted by Crippen LogP contribution is -2.00. The Labute approximate surface area is 141 Å². The third kappa shape index (κ3) is 2.59. The highest BCUT2D eigenvalue weighted by molar-refractivity contribution is 9.10. The maximum absolute atomic E-state index is 6.08. The molecule has 1 aromatic heterocycles. The molecule has 2 nitrogen and oxygen atoms in total. The average molecular weight is 384 g/mol. The van der Waals surface area contributed by atoms with Gasteiger partial charge in [-0.3, -0.25) is 4.57 Å². The highest BCUT2D eigenvalue weighted by atomic mass is 79.9. The molecule has 5 heteroatoms. The first-order valence-electron chi connectivity index (χ1n) is 6.51. The Hall–Kier alpha value is -1.03. The van der Waals surface area contributed by atoms with Gasteiger partial charge in [-0.15, -0.1) is 11.6 Å². The summed E-state index contributed by atoms with van der Waals surface area (Å²) in [6, 6.07) is 9.97. The second kappa shape index (κ2) is 5.64. The molecule has 0 unspecified atom stereocenters. The summed E-state index contributed by atoms with van der Waals surface area (Å²) in [5.41, 5.74) is 5.30. The molecule has 0 aliphatic carbocycles. The smallest absolute Gasteiger partial charge is 0.129 e. The van der Waals surface area contributed by atoms with Crippen molar-refractivity contribution in [3.8, 4) is 5.69 Å². The zero-order chi connectivity index (χ0) is 15.1. The summed E-state index contributed by atoms with van der Waals surface area (Å²) in [6.07, 6.45) is 0. The van der Waals surface area contributed by atoms with Crippen LogP contribution in [0, 0.1) is 13.8 Å². The lowest BCUT2D eigenvalue weighted by atomic mass is 10.1. The van der Waals surface area contributed by atoms with Crippen LogP contribution >= 0.6 is 39.1 Å². The molecular weight excluding hydrogens is 371 g/mol. The Kier molecular flexibility index (Phi) is 4.00. The van der Waals surface area contributed by atoms with Gasteiger partial charge in [0.25, 0.3) is 0 Å². The zero-order valence-electron chi connectivity index (χ0n) is 11.6. The predicted molar refractivity (Wildman–Crippen MR) is 92.8 cm³/mol. The molecule has 1 heterocycles. The maximum Gasteiger partial charge on any atom is 0.129 e. The van der Waals surface area contributed by atoms with Gasteiger partial charge in [0.2, 0.25) is 0 Å². The van der Waals surface area contributed by atoms with Gasteiger partial charge in [0.05, 0.1) is 16.9 Å². The van der Waals surface area contributed by atoms with E-state index in [4.69, 9.17) is 23.2 Å². The maximum atomic E-state index is 6.08. The second-order valence-electron chi connectivity index (χ2n) is 5.02. The van der Waals surface area contributed by atoms with Crippen molar-refractivity contribution >= 4 is 50.2 Å². The first kappa shape index (κ1) is 14.9. The number of hydrogen-bond acceptors (Lipinski definition) is 1. The van der Waals surface area contributed by atoms with Gasteiger partial charge in [0.15, 0.2) is 0 Å². The van der Waals surface area contributed by atoms with E-state index in [9.17, 15) is 0 Å². The molecule has 0 saturated heterocycles. The number of aryl methyl sites for hydroxylation is 2. The van der Waals surface area contributed by atoms with Crippen LogP contribution in [0.1, 0.15) is 17.0 Å². The van der Waals surface area contributed by atoms with Gasteiger partial charge in [-0.05, 0) is 55.3 Å². The van der Waals surface area contributed by atoms with Gasteiger partial charge < -0.3 is 0 Å². The number of halogens is 3. The summed E-state index contributed by atoms with van der Waals surface area (Å²) in [7, 11) is 0. The van der Waals surface area contributed by atoms with Gasteiger partial charge >= 0.3 is 0 Å². The van der Waals surface area contributed by atoms with Crippen molar-refractivity contribution in [2.75, 3.05) is 0 Å². The van der Waals surface area contributed by atoms with Crippen LogP contribution in [0.5, 0.6) is 0 Å². The zero-order valence-corrected chi connectivity index (χ0v) is 14.7. The molecule has 108 valence electrons. The van der Waals surface area contributed by atoms with Crippen molar-refractivity contribution < 1.29 is 0 Å². The molecule has 0 aliphatic rings. The summed E-state index contributed by atoms with van der Waals surface area (Å²) in [4.78, 5) is 4.58. The minimum absolute atomic E-state index is 0.348. The lowest BCUT2D eigenvalue weighted by Gasteiger charge is -2.12. The quantitative estimate of drug-likeness (QED) is 0.511. The number of rotatable bonds is 2. The SMILES string of the molecule is Cc1cc(-n2c(CCl)nc3cc(Cl)ccc32)cc(C)c1Br. The van der Waals surface area contributed by atoms with Gasteiger partial charge in [-0.1, -0.05) is 27.5 Å². The van der Waals surface area contributed by atoms with Gasteiger partial charge in [-0.2, -0.15) is 0 Å². The minimum atomic E-state index is 0.348. The van der Waals surface area contributed by atoms with E-state index in [0.29, 0.717) is 10.9 Å². The van der Waals surface area contributed by atoms with E-state index in [-0.39, 0.29) is 0 Å². The first-order chi connectivity index (χ1) is 10.0. The summed E-state index contributed by atoms with van der Waals surface area (Å²) in [5.74, 6) is 1.16. The fourth-order valence-electron chi connectivity index (χ4n) is 2.53. The number of aromatic nitrogens is 2. The number of hydrogen-bond donors (Lipinski definition) is 0. The van der Waals surface area contributed by atoms with E-state index in [1.165, 1.54) is 11.1 Å². The number of imidazole rings is 1. The van der Waals surface area contributed by atoms with Crippen LogP contribution in [0.25, 0.3) is 16.7 Å². The topological polar surface area (TPSA) is 17.8 Å². The van der Waals surface area contributed by atoms with E-state index >= 15 is 0 Å². The van der Waals surface area contributed by atoms with E-state index < -0.39 is 0 Å². The van der Waals surface area contributed by atoms with Gasteiger partial charge in [-0.25, -0.2) is 4.98 Å². The Morgan fingerprint density at radius 1 is 1.14 bits per heavy atom.